The second-order valence-electron chi connectivity index (χ2n) is 8.77. The Morgan fingerprint density at radius 1 is 1.15 bits per heavy atom. The van der Waals surface area contributed by atoms with Crippen LogP contribution in [-0.4, -0.2) is 52.6 Å². The molecule has 0 bridgehead atoms. The minimum atomic E-state index is -0.455. The molecule has 1 aromatic carbocycles. The molecule has 170 valence electrons. The molecule has 1 amide bonds. The zero-order valence-electron chi connectivity index (χ0n) is 18.5. The molecule has 0 radical (unpaired) electrons. The largest absolute Gasteiger partial charge is 0.487 e. The van der Waals surface area contributed by atoms with E-state index in [1.807, 2.05) is 42.6 Å². The van der Waals surface area contributed by atoms with Gasteiger partial charge in [0.2, 0.25) is 5.91 Å². The summed E-state index contributed by atoms with van der Waals surface area (Å²) in [7, 11) is 0. The summed E-state index contributed by atoms with van der Waals surface area (Å²) in [5.41, 5.74) is 2.73. The Kier molecular flexibility index (Phi) is 6.32. The summed E-state index contributed by atoms with van der Waals surface area (Å²) in [6.07, 6.45) is 5.85. The lowest BCUT2D eigenvalue weighted by Crippen LogP contribution is -2.55. The predicted molar refractivity (Wildman–Crippen MR) is 124 cm³/mol. The Morgan fingerprint density at radius 3 is 2.97 bits per heavy atom. The molecule has 1 spiro atoms. The quantitative estimate of drug-likeness (QED) is 0.630. The molecule has 0 aliphatic carbocycles. The van der Waals surface area contributed by atoms with E-state index < -0.39 is 5.54 Å². The molecule has 2 aliphatic heterocycles. The van der Waals surface area contributed by atoms with Gasteiger partial charge in [-0.05, 0) is 41.5 Å². The Bertz CT molecular complexity index is 1080. The summed E-state index contributed by atoms with van der Waals surface area (Å²) in [6, 6.07) is 18.0. The van der Waals surface area contributed by atoms with Crippen molar-refractivity contribution in [2.75, 3.05) is 26.3 Å². The van der Waals surface area contributed by atoms with Crippen molar-refractivity contribution in [2.24, 2.45) is 0 Å². The fourth-order valence-electron chi connectivity index (χ4n) is 4.83. The van der Waals surface area contributed by atoms with Gasteiger partial charge in [0.15, 0.2) is 0 Å². The molecule has 1 N–H and O–H groups in total. The van der Waals surface area contributed by atoms with E-state index in [0.717, 1.165) is 42.2 Å². The first kappa shape index (κ1) is 21.6. The maximum absolute atomic E-state index is 12.5. The monoisotopic (exact) mass is 444 g/mol. The molecule has 7 heteroatoms. The molecular formula is C26H28N4O3. The number of carbonyl (C=O) groups excluding carboxylic acids is 1. The topological polar surface area (TPSA) is 76.6 Å². The summed E-state index contributed by atoms with van der Waals surface area (Å²) >= 11 is 0. The van der Waals surface area contributed by atoms with E-state index in [1.165, 1.54) is 0 Å². The minimum Gasteiger partial charge on any atom is -0.487 e. The Hall–Kier alpha value is -3.29. The van der Waals surface area contributed by atoms with Gasteiger partial charge in [-0.2, -0.15) is 0 Å². The Balaban J connectivity index is 1.32. The van der Waals surface area contributed by atoms with Crippen molar-refractivity contribution in [3.05, 3.63) is 90.0 Å². The van der Waals surface area contributed by atoms with Gasteiger partial charge in [-0.3, -0.25) is 19.7 Å². The van der Waals surface area contributed by atoms with Crippen LogP contribution >= 0.6 is 0 Å². The molecule has 5 rings (SSSR count). The second kappa shape index (κ2) is 9.68. The number of nitrogens with one attached hydrogen (secondary N) is 1. The van der Waals surface area contributed by atoms with Crippen molar-refractivity contribution >= 4 is 5.91 Å². The highest BCUT2D eigenvalue weighted by Crippen LogP contribution is 2.38. The number of hydrogen-bond acceptors (Lipinski definition) is 6. The molecule has 7 nitrogen and oxygen atoms in total. The van der Waals surface area contributed by atoms with Crippen LogP contribution in [0.2, 0.25) is 0 Å². The minimum absolute atomic E-state index is 0.0492. The number of rotatable bonds is 6. The van der Waals surface area contributed by atoms with E-state index in [1.54, 1.807) is 12.4 Å². The van der Waals surface area contributed by atoms with Crippen LogP contribution in [0.4, 0.5) is 0 Å². The van der Waals surface area contributed by atoms with Gasteiger partial charge in [0.25, 0.3) is 0 Å². The number of hydrogen-bond donors (Lipinski definition) is 1. The number of carbonyl (C=O) groups is 1. The Labute approximate surface area is 193 Å². The number of nitrogens with zero attached hydrogens (tertiary/aromatic N) is 3. The number of aromatic nitrogens is 2. The van der Waals surface area contributed by atoms with Crippen LogP contribution in [0.5, 0.6) is 5.75 Å². The van der Waals surface area contributed by atoms with Crippen molar-refractivity contribution in [3.63, 3.8) is 0 Å². The van der Waals surface area contributed by atoms with Gasteiger partial charge in [0.1, 0.15) is 12.4 Å². The molecule has 0 unspecified atom stereocenters. The smallest absolute Gasteiger partial charge is 0.222 e. The van der Waals surface area contributed by atoms with E-state index in [-0.39, 0.29) is 11.8 Å². The van der Waals surface area contributed by atoms with Gasteiger partial charge in [-0.25, -0.2) is 0 Å². The van der Waals surface area contributed by atoms with Gasteiger partial charge in [0.05, 0.1) is 24.4 Å². The van der Waals surface area contributed by atoms with Crippen molar-refractivity contribution in [3.8, 4) is 5.75 Å². The van der Waals surface area contributed by atoms with Crippen molar-refractivity contribution in [1.82, 2.24) is 20.2 Å². The molecule has 33 heavy (non-hydrogen) atoms. The van der Waals surface area contributed by atoms with E-state index in [0.29, 0.717) is 26.2 Å². The second-order valence-corrected chi connectivity index (χ2v) is 8.77. The standard InChI is InChI=1S/C26H28N4O3/c31-25-9-12-32-19-26(29-25)18-30(16-24(26)21-6-4-10-27-14-21)15-20-5-3-8-23(13-20)33-17-22-7-1-2-11-28-22/h1-8,10-11,13-14,24H,9,12,15-19H2,(H,29,31)/t24-,26-/m0/s1. The number of benzene rings is 1. The first-order valence-electron chi connectivity index (χ1n) is 11.3. The maximum atomic E-state index is 12.5. The molecule has 0 saturated carbocycles. The fraction of sp³-hybridized carbons (Fsp3) is 0.346. The SMILES string of the molecule is O=C1CCOC[C@]2(CN(Cc3cccc(OCc4ccccn4)c3)C[C@H]2c2cccnc2)N1. The van der Waals surface area contributed by atoms with Crippen molar-refractivity contribution in [1.29, 1.82) is 0 Å². The third-order valence-corrected chi connectivity index (χ3v) is 6.34. The first-order chi connectivity index (χ1) is 16.2. The molecule has 2 saturated heterocycles. The van der Waals surface area contributed by atoms with Crippen molar-refractivity contribution < 1.29 is 14.3 Å². The number of ether oxygens (including phenoxy) is 2. The number of likely N-dealkylation sites (tertiary alicyclic amines) is 1. The van der Waals surface area contributed by atoms with Crippen LogP contribution in [-0.2, 0) is 22.7 Å². The summed E-state index contributed by atoms with van der Waals surface area (Å²) in [6.45, 7) is 3.69. The van der Waals surface area contributed by atoms with Crippen LogP contribution in [0.15, 0.2) is 73.2 Å². The average Bonchev–Trinajstić information content (AvgIpc) is 3.07. The highest BCUT2D eigenvalue weighted by Gasteiger charge is 2.49. The van der Waals surface area contributed by atoms with Gasteiger partial charge in [0, 0.05) is 50.6 Å². The van der Waals surface area contributed by atoms with Gasteiger partial charge >= 0.3 is 0 Å². The molecule has 3 aromatic rings. The molecule has 2 aromatic heterocycles. The van der Waals surface area contributed by atoms with Crippen LogP contribution in [0, 0.1) is 0 Å². The molecule has 2 fully saturated rings. The first-order valence-corrected chi connectivity index (χ1v) is 11.3. The Morgan fingerprint density at radius 2 is 2.12 bits per heavy atom. The predicted octanol–water partition coefficient (Wildman–Crippen LogP) is 2.93. The maximum Gasteiger partial charge on any atom is 0.222 e. The van der Waals surface area contributed by atoms with Gasteiger partial charge in [-0.1, -0.05) is 24.3 Å². The summed E-state index contributed by atoms with van der Waals surface area (Å²) < 4.78 is 11.9. The van der Waals surface area contributed by atoms with Crippen molar-refractivity contribution in [2.45, 2.75) is 31.0 Å². The van der Waals surface area contributed by atoms with Crippen LogP contribution < -0.4 is 10.1 Å². The van der Waals surface area contributed by atoms with E-state index in [9.17, 15) is 4.79 Å². The molecule has 2 aliphatic rings. The van der Waals surface area contributed by atoms with E-state index in [4.69, 9.17) is 9.47 Å². The zero-order valence-corrected chi connectivity index (χ0v) is 18.5. The fourth-order valence-corrected chi connectivity index (χ4v) is 4.83. The lowest BCUT2D eigenvalue weighted by Gasteiger charge is -2.34. The average molecular weight is 445 g/mol. The highest BCUT2D eigenvalue weighted by atomic mass is 16.5. The number of pyridine rings is 2. The molecule has 2 atom stereocenters. The van der Waals surface area contributed by atoms with Crippen LogP contribution in [0.1, 0.15) is 29.2 Å². The number of amides is 1. The zero-order chi connectivity index (χ0) is 22.5. The lowest BCUT2D eigenvalue weighted by atomic mass is 9.83. The summed E-state index contributed by atoms with van der Waals surface area (Å²) in [5.74, 6) is 0.979. The van der Waals surface area contributed by atoms with Crippen LogP contribution in [0.3, 0.4) is 0 Å². The lowest BCUT2D eigenvalue weighted by molar-refractivity contribution is -0.122. The van der Waals surface area contributed by atoms with Crippen LogP contribution in [0.25, 0.3) is 0 Å². The summed E-state index contributed by atoms with van der Waals surface area (Å²) in [5, 5.41) is 3.30. The molecule has 4 heterocycles. The summed E-state index contributed by atoms with van der Waals surface area (Å²) in [4.78, 5) is 23.5. The molecular weight excluding hydrogens is 416 g/mol. The normalized spacial score (nSPS) is 23.3. The third kappa shape index (κ3) is 5.05. The highest BCUT2D eigenvalue weighted by molar-refractivity contribution is 5.77. The third-order valence-electron chi connectivity index (χ3n) is 6.34. The van der Waals surface area contributed by atoms with E-state index >= 15 is 0 Å². The van der Waals surface area contributed by atoms with Gasteiger partial charge in [-0.15, -0.1) is 0 Å². The van der Waals surface area contributed by atoms with E-state index in [2.05, 4.69) is 38.4 Å². The van der Waals surface area contributed by atoms with Gasteiger partial charge < -0.3 is 14.8 Å².